The van der Waals surface area contributed by atoms with Crippen molar-refractivity contribution in [3.8, 4) is 5.88 Å². The van der Waals surface area contributed by atoms with Crippen molar-refractivity contribution in [2.45, 2.75) is 12.4 Å². The third-order valence-corrected chi connectivity index (χ3v) is 3.49. The summed E-state index contributed by atoms with van der Waals surface area (Å²) in [5.74, 6) is 0.0423. The highest BCUT2D eigenvalue weighted by atomic mass is 32.2. The van der Waals surface area contributed by atoms with Gasteiger partial charge in [-0.25, -0.2) is 0 Å². The minimum absolute atomic E-state index is 0.171. The largest absolute Gasteiger partial charge is 0.471 e. The van der Waals surface area contributed by atoms with Crippen molar-refractivity contribution in [1.29, 1.82) is 0 Å². The van der Waals surface area contributed by atoms with Crippen molar-refractivity contribution >= 4 is 10.1 Å². The van der Waals surface area contributed by atoms with Gasteiger partial charge in [-0.3, -0.25) is 4.18 Å². The van der Waals surface area contributed by atoms with E-state index < -0.39 is 10.1 Å². The second-order valence-electron chi connectivity index (χ2n) is 3.77. The zero-order valence-corrected chi connectivity index (χ0v) is 11.1. The van der Waals surface area contributed by atoms with Crippen molar-refractivity contribution in [2.24, 2.45) is 0 Å². The summed E-state index contributed by atoms with van der Waals surface area (Å²) in [7, 11) is -2.52. The second-order valence-corrected chi connectivity index (χ2v) is 5.51. The topological polar surface area (TPSA) is 78.6 Å². The normalized spacial score (nSPS) is 11.4. The summed E-state index contributed by atoms with van der Waals surface area (Å²) in [4.78, 5) is 0. The Balaban J connectivity index is 1.95. The molecule has 0 aliphatic heterocycles. The molecule has 1 heterocycles. The molecule has 0 radical (unpaired) electrons. The second kappa shape index (κ2) is 5.85. The van der Waals surface area contributed by atoms with E-state index in [0.29, 0.717) is 6.61 Å². The molecule has 2 rings (SSSR count). The van der Waals surface area contributed by atoms with Crippen LogP contribution in [0.1, 0.15) is 11.3 Å². The van der Waals surface area contributed by atoms with E-state index in [2.05, 4.69) is 9.34 Å². The summed E-state index contributed by atoms with van der Waals surface area (Å²) in [5, 5.41) is 3.63. The maximum absolute atomic E-state index is 11.2. The van der Waals surface area contributed by atoms with Crippen molar-refractivity contribution in [3.63, 3.8) is 0 Å². The van der Waals surface area contributed by atoms with E-state index in [4.69, 9.17) is 9.26 Å². The molecule has 2 aromatic rings. The van der Waals surface area contributed by atoms with Gasteiger partial charge >= 0.3 is 0 Å². The van der Waals surface area contributed by atoms with Crippen molar-refractivity contribution in [2.75, 3.05) is 7.11 Å². The van der Waals surface area contributed by atoms with Gasteiger partial charge in [0, 0.05) is 6.07 Å². The Hall–Kier alpha value is -1.86. The van der Waals surface area contributed by atoms with Gasteiger partial charge in [-0.15, -0.1) is 0 Å². The lowest BCUT2D eigenvalue weighted by Gasteiger charge is -2.00. The molecule has 0 bridgehead atoms. The lowest BCUT2D eigenvalue weighted by Crippen LogP contribution is -2.04. The molecular weight excluding hydrogens is 270 g/mol. The van der Waals surface area contributed by atoms with E-state index in [9.17, 15) is 8.42 Å². The van der Waals surface area contributed by atoms with E-state index in [1.807, 2.05) is 30.3 Å². The minimum atomic E-state index is -3.62. The summed E-state index contributed by atoms with van der Waals surface area (Å²) >= 11 is 0. The van der Waals surface area contributed by atoms with Gasteiger partial charge in [-0.1, -0.05) is 30.3 Å². The number of rotatable bonds is 6. The molecule has 102 valence electrons. The summed E-state index contributed by atoms with van der Waals surface area (Å²) in [6.45, 7) is 0.337. The fourth-order valence-electron chi connectivity index (χ4n) is 1.39. The molecular formula is C12H13NO5S. The van der Waals surface area contributed by atoms with Crippen LogP contribution in [0.15, 0.2) is 40.9 Å². The molecule has 0 aliphatic carbocycles. The van der Waals surface area contributed by atoms with Crippen molar-refractivity contribution in [1.82, 2.24) is 5.16 Å². The van der Waals surface area contributed by atoms with Crippen molar-refractivity contribution in [3.05, 3.63) is 47.7 Å². The third-order valence-electron chi connectivity index (χ3n) is 2.34. The van der Waals surface area contributed by atoms with Gasteiger partial charge in [0.15, 0.2) is 5.76 Å². The molecule has 0 atom stereocenters. The van der Waals surface area contributed by atoms with Gasteiger partial charge in [0.25, 0.3) is 16.0 Å². The van der Waals surface area contributed by atoms with Crippen LogP contribution in [-0.2, 0) is 26.7 Å². The average molecular weight is 283 g/mol. The van der Waals surface area contributed by atoms with Gasteiger partial charge in [0.2, 0.25) is 0 Å². The van der Waals surface area contributed by atoms with E-state index >= 15 is 0 Å². The SMILES string of the molecule is COS(=O)(=O)Cc1cc(OCc2ccccc2)no1. The predicted molar refractivity (Wildman–Crippen MR) is 66.9 cm³/mol. The summed E-state index contributed by atoms with van der Waals surface area (Å²) < 4.78 is 37.0. The highest BCUT2D eigenvalue weighted by molar-refractivity contribution is 7.85. The Kier molecular flexibility index (Phi) is 4.18. The van der Waals surface area contributed by atoms with E-state index in [0.717, 1.165) is 12.7 Å². The molecule has 0 fully saturated rings. The highest BCUT2D eigenvalue weighted by Crippen LogP contribution is 2.15. The number of benzene rings is 1. The van der Waals surface area contributed by atoms with Crippen LogP contribution in [0.25, 0.3) is 0 Å². The Bertz CT molecular complexity index is 621. The van der Waals surface area contributed by atoms with Gasteiger partial charge in [0.05, 0.1) is 7.11 Å². The standard InChI is InChI=1S/C12H13NO5S/c1-16-19(14,15)9-11-7-12(13-18-11)17-8-10-5-3-2-4-6-10/h2-7H,8-9H2,1H3. The third kappa shape index (κ3) is 4.08. The molecule has 19 heavy (non-hydrogen) atoms. The van der Waals surface area contributed by atoms with Gasteiger partial charge in [-0.05, 0) is 10.7 Å². The summed E-state index contributed by atoms with van der Waals surface area (Å²) in [6, 6.07) is 11.0. The monoisotopic (exact) mass is 283 g/mol. The molecule has 0 amide bonds. The van der Waals surface area contributed by atoms with Crippen LogP contribution in [-0.4, -0.2) is 20.7 Å². The molecule has 0 unspecified atom stereocenters. The van der Waals surface area contributed by atoms with Crippen LogP contribution in [0.4, 0.5) is 0 Å². The van der Waals surface area contributed by atoms with Crippen LogP contribution in [0, 0.1) is 0 Å². The first-order valence-electron chi connectivity index (χ1n) is 5.50. The average Bonchev–Trinajstić information content (AvgIpc) is 2.84. The van der Waals surface area contributed by atoms with Crippen LogP contribution < -0.4 is 4.74 Å². The van der Waals surface area contributed by atoms with Crippen molar-refractivity contribution < 1.29 is 21.9 Å². The van der Waals surface area contributed by atoms with Crippen LogP contribution >= 0.6 is 0 Å². The number of nitrogens with zero attached hydrogens (tertiary/aromatic N) is 1. The van der Waals surface area contributed by atoms with Crippen LogP contribution in [0.2, 0.25) is 0 Å². The van der Waals surface area contributed by atoms with Gasteiger partial charge in [0.1, 0.15) is 12.4 Å². The zero-order valence-electron chi connectivity index (χ0n) is 10.3. The lowest BCUT2D eigenvalue weighted by atomic mass is 10.2. The Morgan fingerprint density at radius 3 is 2.68 bits per heavy atom. The Morgan fingerprint density at radius 1 is 1.26 bits per heavy atom. The highest BCUT2D eigenvalue weighted by Gasteiger charge is 2.15. The first-order valence-corrected chi connectivity index (χ1v) is 7.07. The van der Waals surface area contributed by atoms with Crippen LogP contribution in [0.5, 0.6) is 5.88 Å². The maximum Gasteiger partial charge on any atom is 0.274 e. The molecule has 6 nitrogen and oxygen atoms in total. The summed E-state index contributed by atoms with van der Waals surface area (Å²) in [5.41, 5.74) is 0.983. The molecule has 0 N–H and O–H groups in total. The van der Waals surface area contributed by atoms with E-state index in [1.54, 1.807) is 0 Å². The van der Waals surface area contributed by atoms with Gasteiger partial charge < -0.3 is 9.26 Å². The van der Waals surface area contributed by atoms with Crippen LogP contribution in [0.3, 0.4) is 0 Å². The molecule has 0 saturated heterocycles. The molecule has 0 spiro atoms. The molecule has 1 aromatic heterocycles. The first kappa shape index (κ1) is 13.6. The molecule has 0 saturated carbocycles. The smallest absolute Gasteiger partial charge is 0.274 e. The van der Waals surface area contributed by atoms with E-state index in [-0.39, 0.29) is 17.4 Å². The fraction of sp³-hybridized carbons (Fsp3) is 0.250. The Morgan fingerprint density at radius 2 is 2.00 bits per heavy atom. The first-order chi connectivity index (χ1) is 9.09. The quantitative estimate of drug-likeness (QED) is 0.751. The summed E-state index contributed by atoms with van der Waals surface area (Å²) in [6.07, 6.45) is 0. The Labute approximate surface area is 111 Å². The number of hydrogen-bond donors (Lipinski definition) is 0. The molecule has 7 heteroatoms. The molecule has 0 aliphatic rings. The zero-order chi connectivity index (χ0) is 13.7. The van der Waals surface area contributed by atoms with Gasteiger partial charge in [-0.2, -0.15) is 8.42 Å². The van der Waals surface area contributed by atoms with E-state index in [1.165, 1.54) is 6.07 Å². The minimum Gasteiger partial charge on any atom is -0.471 e. The number of hydrogen-bond acceptors (Lipinski definition) is 6. The lowest BCUT2D eigenvalue weighted by molar-refractivity contribution is 0.266. The predicted octanol–water partition coefficient (Wildman–Crippen LogP) is 1.73. The molecule has 1 aromatic carbocycles. The maximum atomic E-state index is 11.2. The number of ether oxygens (including phenoxy) is 1. The fourth-order valence-corrected chi connectivity index (χ4v) is 2.00. The number of aromatic nitrogens is 1.